The molecule has 108 valence electrons. The average molecular weight is 315 g/mol. The van der Waals surface area contributed by atoms with Crippen molar-refractivity contribution >= 4 is 23.0 Å². The van der Waals surface area contributed by atoms with E-state index >= 15 is 0 Å². The molecule has 0 amide bonds. The maximum Gasteiger partial charge on any atom is 0.416 e. The number of rotatable bonds is 2. The predicted molar refractivity (Wildman–Crippen MR) is 70.9 cm³/mol. The number of hydrogen-bond acceptors (Lipinski definition) is 2. The molecule has 0 spiro atoms. The van der Waals surface area contributed by atoms with E-state index < -0.39 is 17.6 Å². The molecule has 0 aliphatic rings. The van der Waals surface area contributed by atoms with Crippen LogP contribution in [0.4, 0.5) is 28.9 Å². The van der Waals surface area contributed by atoms with Crippen molar-refractivity contribution in [1.29, 1.82) is 5.26 Å². The maximum atomic E-state index is 13.3. The highest BCUT2D eigenvalue weighted by molar-refractivity contribution is 6.33. The van der Waals surface area contributed by atoms with Crippen LogP contribution in [0.5, 0.6) is 0 Å². The Kier molecular flexibility index (Phi) is 4.05. The van der Waals surface area contributed by atoms with Gasteiger partial charge in [-0.05, 0) is 36.4 Å². The zero-order valence-electron chi connectivity index (χ0n) is 10.3. The first-order valence-corrected chi connectivity index (χ1v) is 6.02. The van der Waals surface area contributed by atoms with E-state index in [-0.39, 0.29) is 22.0 Å². The number of nitriles is 1. The summed E-state index contributed by atoms with van der Waals surface area (Å²) in [4.78, 5) is 0. The third-order valence-corrected chi connectivity index (χ3v) is 2.92. The molecule has 0 atom stereocenters. The number of alkyl halides is 3. The number of benzene rings is 2. The van der Waals surface area contributed by atoms with E-state index in [0.717, 1.165) is 30.3 Å². The SMILES string of the molecule is N#Cc1cc(F)cc(Nc2ccc(C(F)(F)F)cc2Cl)c1. The number of nitrogens with zero attached hydrogens (tertiary/aromatic N) is 1. The Morgan fingerprint density at radius 2 is 1.81 bits per heavy atom. The van der Waals surface area contributed by atoms with Crippen molar-refractivity contribution in [3.8, 4) is 6.07 Å². The fraction of sp³-hybridized carbons (Fsp3) is 0.0714. The molecule has 0 saturated carbocycles. The zero-order valence-corrected chi connectivity index (χ0v) is 11.1. The summed E-state index contributed by atoms with van der Waals surface area (Å²) in [5, 5.41) is 11.3. The Morgan fingerprint density at radius 1 is 1.10 bits per heavy atom. The molecule has 0 saturated heterocycles. The summed E-state index contributed by atoms with van der Waals surface area (Å²) in [7, 11) is 0. The highest BCUT2D eigenvalue weighted by Crippen LogP contribution is 2.34. The molecule has 0 aliphatic carbocycles. The standard InChI is InChI=1S/C14H7ClF4N2/c15-12-5-9(14(17,18)19)1-2-13(12)21-11-4-8(7-20)3-10(16)6-11/h1-6,21H. The minimum absolute atomic E-state index is 0.0838. The van der Waals surface area contributed by atoms with Crippen LogP contribution in [0.3, 0.4) is 0 Å². The number of nitrogens with one attached hydrogen (secondary N) is 1. The highest BCUT2D eigenvalue weighted by atomic mass is 35.5. The van der Waals surface area contributed by atoms with Crippen molar-refractivity contribution in [3.05, 3.63) is 58.4 Å². The van der Waals surface area contributed by atoms with E-state index in [1.807, 2.05) is 0 Å². The third kappa shape index (κ3) is 3.64. The molecule has 0 aromatic heterocycles. The molecule has 0 bridgehead atoms. The van der Waals surface area contributed by atoms with Crippen molar-refractivity contribution in [2.24, 2.45) is 0 Å². The molecule has 2 aromatic carbocycles. The first-order chi connectivity index (χ1) is 9.79. The third-order valence-electron chi connectivity index (χ3n) is 2.60. The lowest BCUT2D eigenvalue weighted by Gasteiger charge is -2.12. The lowest BCUT2D eigenvalue weighted by Crippen LogP contribution is -2.05. The number of hydrogen-bond donors (Lipinski definition) is 1. The monoisotopic (exact) mass is 314 g/mol. The van der Waals surface area contributed by atoms with Gasteiger partial charge in [0.05, 0.1) is 27.9 Å². The Labute approximate surface area is 122 Å². The summed E-state index contributed by atoms with van der Waals surface area (Å²) in [5.74, 6) is -0.639. The van der Waals surface area contributed by atoms with E-state index in [1.165, 1.54) is 6.07 Å². The molecule has 0 fully saturated rings. The molecular formula is C14H7ClF4N2. The van der Waals surface area contributed by atoms with Gasteiger partial charge in [-0.3, -0.25) is 0 Å². The van der Waals surface area contributed by atoms with Crippen LogP contribution < -0.4 is 5.32 Å². The molecule has 0 aliphatic heterocycles. The topological polar surface area (TPSA) is 35.8 Å². The van der Waals surface area contributed by atoms with E-state index in [1.54, 1.807) is 6.07 Å². The smallest absolute Gasteiger partial charge is 0.354 e. The van der Waals surface area contributed by atoms with Gasteiger partial charge in [0.15, 0.2) is 0 Å². The van der Waals surface area contributed by atoms with E-state index in [4.69, 9.17) is 16.9 Å². The molecule has 21 heavy (non-hydrogen) atoms. The molecule has 1 N–H and O–H groups in total. The second-order valence-electron chi connectivity index (χ2n) is 4.16. The predicted octanol–water partition coefficient (Wildman–Crippen LogP) is 5.11. The lowest BCUT2D eigenvalue weighted by molar-refractivity contribution is -0.137. The second-order valence-corrected chi connectivity index (χ2v) is 4.56. The van der Waals surface area contributed by atoms with Crippen LogP contribution in [0.2, 0.25) is 5.02 Å². The molecular weight excluding hydrogens is 308 g/mol. The Bertz CT molecular complexity index is 720. The molecule has 2 rings (SSSR count). The summed E-state index contributed by atoms with van der Waals surface area (Å²) >= 11 is 5.78. The summed E-state index contributed by atoms with van der Waals surface area (Å²) < 4.78 is 50.8. The average Bonchev–Trinajstić information content (AvgIpc) is 2.39. The Balaban J connectivity index is 2.33. The normalized spacial score (nSPS) is 11.0. The first kappa shape index (κ1) is 15.1. The van der Waals surface area contributed by atoms with E-state index in [0.29, 0.717) is 0 Å². The lowest BCUT2D eigenvalue weighted by atomic mass is 10.1. The van der Waals surface area contributed by atoms with Gasteiger partial charge in [0.25, 0.3) is 0 Å². The van der Waals surface area contributed by atoms with Crippen molar-refractivity contribution in [1.82, 2.24) is 0 Å². The van der Waals surface area contributed by atoms with Gasteiger partial charge in [0.2, 0.25) is 0 Å². The van der Waals surface area contributed by atoms with Crippen LogP contribution in [0.1, 0.15) is 11.1 Å². The summed E-state index contributed by atoms with van der Waals surface area (Å²) in [6, 6.07) is 8.05. The quantitative estimate of drug-likeness (QED) is 0.782. The summed E-state index contributed by atoms with van der Waals surface area (Å²) in [6.07, 6.45) is -4.49. The summed E-state index contributed by atoms with van der Waals surface area (Å²) in [6.45, 7) is 0. The van der Waals surface area contributed by atoms with E-state index in [2.05, 4.69) is 5.32 Å². The van der Waals surface area contributed by atoms with Crippen LogP contribution >= 0.6 is 11.6 Å². The molecule has 0 radical (unpaired) electrons. The number of anilines is 2. The van der Waals surface area contributed by atoms with Crippen LogP contribution in [0, 0.1) is 17.1 Å². The van der Waals surface area contributed by atoms with Crippen LogP contribution in [0.25, 0.3) is 0 Å². The van der Waals surface area contributed by atoms with Crippen molar-refractivity contribution < 1.29 is 17.6 Å². The van der Waals surface area contributed by atoms with Gasteiger partial charge in [-0.2, -0.15) is 18.4 Å². The first-order valence-electron chi connectivity index (χ1n) is 5.64. The molecule has 7 heteroatoms. The van der Waals surface area contributed by atoms with Gasteiger partial charge in [-0.1, -0.05) is 11.6 Å². The minimum atomic E-state index is -4.49. The number of halogens is 5. The second kappa shape index (κ2) is 5.62. The van der Waals surface area contributed by atoms with Crippen molar-refractivity contribution in [2.75, 3.05) is 5.32 Å². The van der Waals surface area contributed by atoms with E-state index in [9.17, 15) is 17.6 Å². The molecule has 2 aromatic rings. The van der Waals surface area contributed by atoms with Gasteiger partial charge in [-0.15, -0.1) is 0 Å². The highest BCUT2D eigenvalue weighted by Gasteiger charge is 2.30. The fourth-order valence-corrected chi connectivity index (χ4v) is 1.90. The fourth-order valence-electron chi connectivity index (χ4n) is 1.67. The molecule has 0 heterocycles. The van der Waals surface area contributed by atoms with Gasteiger partial charge in [0.1, 0.15) is 5.82 Å². The van der Waals surface area contributed by atoms with Gasteiger partial charge >= 0.3 is 6.18 Å². The van der Waals surface area contributed by atoms with Gasteiger partial charge in [-0.25, -0.2) is 4.39 Å². The molecule has 2 nitrogen and oxygen atoms in total. The van der Waals surface area contributed by atoms with Crippen LogP contribution in [0.15, 0.2) is 36.4 Å². The minimum Gasteiger partial charge on any atom is -0.354 e. The van der Waals surface area contributed by atoms with Crippen LogP contribution in [-0.4, -0.2) is 0 Å². The maximum absolute atomic E-state index is 13.3. The van der Waals surface area contributed by atoms with Gasteiger partial charge < -0.3 is 5.32 Å². The Hall–Kier alpha value is -2.26. The van der Waals surface area contributed by atoms with Crippen molar-refractivity contribution in [2.45, 2.75) is 6.18 Å². The van der Waals surface area contributed by atoms with Gasteiger partial charge in [0, 0.05) is 5.69 Å². The molecule has 0 unspecified atom stereocenters. The Morgan fingerprint density at radius 3 is 2.38 bits per heavy atom. The summed E-state index contributed by atoms with van der Waals surface area (Å²) in [5.41, 5.74) is -0.400. The zero-order chi connectivity index (χ0) is 15.6. The van der Waals surface area contributed by atoms with Crippen molar-refractivity contribution in [3.63, 3.8) is 0 Å². The van der Waals surface area contributed by atoms with Crippen LogP contribution in [-0.2, 0) is 6.18 Å². The largest absolute Gasteiger partial charge is 0.416 e.